The summed E-state index contributed by atoms with van der Waals surface area (Å²) in [5, 5.41) is 119. The van der Waals surface area contributed by atoms with E-state index in [1.807, 2.05) is 0 Å². The molecule has 0 aromatic carbocycles. The molecule has 17 unspecified atom stereocenters. The third kappa shape index (κ3) is 18.1. The Morgan fingerprint density at radius 3 is 1.38 bits per heavy atom. The average molecular weight is 914 g/mol. The average Bonchev–Trinajstić information content (AvgIpc) is 3.28. The number of aliphatic hydroxyl groups is 11. The molecule has 63 heavy (non-hydrogen) atoms. The van der Waals surface area contributed by atoms with Gasteiger partial charge in [0.1, 0.15) is 73.2 Å². The van der Waals surface area contributed by atoms with Gasteiger partial charge in [0.05, 0.1) is 38.6 Å². The minimum Gasteiger partial charge on any atom is -0.394 e. The fourth-order valence-electron chi connectivity index (χ4n) is 8.37. The number of amides is 1. The van der Waals surface area contributed by atoms with Crippen molar-refractivity contribution in [3.63, 3.8) is 0 Å². The third-order valence-corrected chi connectivity index (χ3v) is 12.4. The summed E-state index contributed by atoms with van der Waals surface area (Å²) in [7, 11) is 0. The molecule has 3 fully saturated rings. The quantitative estimate of drug-likeness (QED) is 0.0400. The van der Waals surface area contributed by atoms with Gasteiger partial charge in [0, 0.05) is 6.42 Å². The summed E-state index contributed by atoms with van der Waals surface area (Å²) in [6.07, 6.45) is -5.53. The van der Waals surface area contributed by atoms with Gasteiger partial charge >= 0.3 is 0 Å². The molecule has 17 atom stereocenters. The van der Waals surface area contributed by atoms with Crippen LogP contribution in [0.2, 0.25) is 0 Å². The van der Waals surface area contributed by atoms with E-state index in [9.17, 15) is 61.0 Å². The van der Waals surface area contributed by atoms with Crippen molar-refractivity contribution in [3.05, 3.63) is 0 Å². The lowest BCUT2D eigenvalue weighted by atomic mass is 9.96. The molecule has 3 heterocycles. The summed E-state index contributed by atoms with van der Waals surface area (Å²) in [6, 6.07) is -0.874. The molecule has 0 aliphatic carbocycles. The van der Waals surface area contributed by atoms with Crippen LogP contribution < -0.4 is 5.32 Å². The second kappa shape index (κ2) is 31.0. The normalized spacial score (nSPS) is 34.8. The van der Waals surface area contributed by atoms with Crippen LogP contribution in [0, 0.1) is 0 Å². The molecule has 19 nitrogen and oxygen atoms in total. The van der Waals surface area contributed by atoms with E-state index in [0.717, 1.165) is 44.9 Å². The van der Waals surface area contributed by atoms with Crippen LogP contribution in [-0.4, -0.2) is 193 Å². The Bertz CT molecular complexity index is 1190. The summed E-state index contributed by atoms with van der Waals surface area (Å²) in [6.45, 7) is 1.61. The first-order chi connectivity index (χ1) is 30.3. The largest absolute Gasteiger partial charge is 0.394 e. The van der Waals surface area contributed by atoms with E-state index in [-0.39, 0.29) is 18.9 Å². The van der Waals surface area contributed by atoms with Gasteiger partial charge in [-0.25, -0.2) is 0 Å². The lowest BCUT2D eigenvalue weighted by Gasteiger charge is -2.48. The summed E-state index contributed by atoms with van der Waals surface area (Å²) in [5.41, 5.74) is 0. The number of aliphatic hydroxyl groups excluding tert-OH is 11. The zero-order chi connectivity index (χ0) is 46.3. The van der Waals surface area contributed by atoms with Crippen molar-refractivity contribution in [2.75, 3.05) is 26.4 Å². The molecule has 0 radical (unpaired) electrons. The Morgan fingerprint density at radius 2 is 0.905 bits per heavy atom. The van der Waals surface area contributed by atoms with E-state index in [1.54, 1.807) is 0 Å². The maximum atomic E-state index is 12.9. The second-order valence-electron chi connectivity index (χ2n) is 17.6. The van der Waals surface area contributed by atoms with E-state index >= 15 is 0 Å². The monoisotopic (exact) mass is 914 g/mol. The van der Waals surface area contributed by atoms with Crippen LogP contribution in [-0.2, 0) is 33.2 Å². The molecule has 3 rings (SSSR count). The lowest BCUT2D eigenvalue weighted by molar-refractivity contribution is -0.379. The third-order valence-electron chi connectivity index (χ3n) is 12.4. The summed E-state index contributed by atoms with van der Waals surface area (Å²) in [4.78, 5) is 12.9. The van der Waals surface area contributed by atoms with Crippen molar-refractivity contribution in [1.82, 2.24) is 5.32 Å². The van der Waals surface area contributed by atoms with Gasteiger partial charge in [0.25, 0.3) is 0 Å². The maximum absolute atomic E-state index is 12.9. The van der Waals surface area contributed by atoms with E-state index in [0.29, 0.717) is 12.8 Å². The molecule has 0 saturated carbocycles. The highest BCUT2D eigenvalue weighted by atomic mass is 16.8. The van der Waals surface area contributed by atoms with Crippen molar-refractivity contribution in [2.24, 2.45) is 0 Å². The second-order valence-corrected chi connectivity index (χ2v) is 17.6. The van der Waals surface area contributed by atoms with E-state index < -0.39 is 124 Å². The maximum Gasteiger partial charge on any atom is 0.220 e. The number of nitrogens with one attached hydrogen (secondary N) is 1. The van der Waals surface area contributed by atoms with E-state index in [2.05, 4.69) is 19.2 Å². The molecule has 3 aliphatic rings. The van der Waals surface area contributed by atoms with E-state index in [1.165, 1.54) is 64.2 Å². The minimum atomic E-state index is -1.96. The van der Waals surface area contributed by atoms with Gasteiger partial charge in [-0.05, 0) is 12.8 Å². The van der Waals surface area contributed by atoms with Gasteiger partial charge in [-0.2, -0.15) is 0 Å². The predicted octanol–water partition coefficient (Wildman–Crippen LogP) is 0.139. The van der Waals surface area contributed by atoms with Gasteiger partial charge in [-0.15, -0.1) is 0 Å². The number of ether oxygens (including phenoxy) is 6. The zero-order valence-corrected chi connectivity index (χ0v) is 37.6. The van der Waals surface area contributed by atoms with Crippen molar-refractivity contribution in [2.45, 2.75) is 247 Å². The Hall–Kier alpha value is -1.21. The Balaban J connectivity index is 1.54. The summed E-state index contributed by atoms with van der Waals surface area (Å²) >= 11 is 0. The molecule has 1 amide bonds. The smallest absolute Gasteiger partial charge is 0.220 e. The first-order valence-corrected chi connectivity index (χ1v) is 23.8. The topological polar surface area (TPSA) is 307 Å². The number of unbranched alkanes of at least 4 members (excludes halogenated alkanes) is 16. The van der Waals surface area contributed by atoms with Crippen LogP contribution in [0.1, 0.15) is 142 Å². The van der Waals surface area contributed by atoms with Crippen LogP contribution in [0.3, 0.4) is 0 Å². The molecule has 3 saturated heterocycles. The number of carbonyl (C=O) groups is 1. The molecule has 0 aromatic heterocycles. The number of rotatable bonds is 32. The van der Waals surface area contributed by atoms with Gasteiger partial charge in [-0.3, -0.25) is 4.79 Å². The van der Waals surface area contributed by atoms with Gasteiger partial charge in [-0.1, -0.05) is 123 Å². The highest BCUT2D eigenvalue weighted by molar-refractivity contribution is 5.76. The molecule has 0 aromatic rings. The van der Waals surface area contributed by atoms with Crippen LogP contribution in [0.25, 0.3) is 0 Å². The standard InChI is InChI=1S/C44H83NO18/c1-3-5-7-9-10-11-12-13-14-15-16-17-18-19-21-28(49)27(45-32(50)22-20-8-6-4-2)26-58-42-38(56)35(53)40(30(24-47)60-42)63-44-39(57)36(54)41(31(25-48)61-44)62-43-37(55)34(52)33(51)29(23-46)59-43/h27-31,33-44,46-49,51-57H,3-26H2,1-2H3,(H,45,50). The van der Waals surface area contributed by atoms with Crippen LogP contribution in [0.5, 0.6) is 0 Å². The molecular formula is C44H83NO18. The van der Waals surface area contributed by atoms with Crippen LogP contribution in [0.4, 0.5) is 0 Å². The number of carbonyl (C=O) groups excluding carboxylic acids is 1. The Labute approximate surface area is 373 Å². The first-order valence-electron chi connectivity index (χ1n) is 23.8. The van der Waals surface area contributed by atoms with E-state index in [4.69, 9.17) is 28.4 Å². The molecule has 0 spiro atoms. The Morgan fingerprint density at radius 1 is 0.508 bits per heavy atom. The highest BCUT2D eigenvalue weighted by Crippen LogP contribution is 2.33. The Kier molecular flexibility index (Phi) is 27.6. The van der Waals surface area contributed by atoms with Crippen molar-refractivity contribution >= 4 is 5.91 Å². The van der Waals surface area contributed by atoms with Gasteiger partial charge < -0.3 is 89.9 Å². The summed E-state index contributed by atoms with van der Waals surface area (Å²) < 4.78 is 34.0. The lowest BCUT2D eigenvalue weighted by Crippen LogP contribution is -2.66. The molecular weight excluding hydrogens is 830 g/mol. The van der Waals surface area contributed by atoms with Crippen molar-refractivity contribution in [3.8, 4) is 0 Å². The molecule has 0 bridgehead atoms. The predicted molar refractivity (Wildman–Crippen MR) is 227 cm³/mol. The van der Waals surface area contributed by atoms with Gasteiger partial charge in [0.2, 0.25) is 5.91 Å². The fraction of sp³-hybridized carbons (Fsp3) is 0.977. The zero-order valence-electron chi connectivity index (χ0n) is 37.6. The molecule has 12 N–H and O–H groups in total. The number of hydrogen-bond acceptors (Lipinski definition) is 18. The highest BCUT2D eigenvalue weighted by Gasteiger charge is 2.53. The van der Waals surface area contributed by atoms with Crippen molar-refractivity contribution in [1.29, 1.82) is 0 Å². The molecule has 19 heteroatoms. The molecule has 372 valence electrons. The first kappa shape index (κ1) is 56.1. The van der Waals surface area contributed by atoms with Gasteiger partial charge in [0.15, 0.2) is 18.9 Å². The minimum absolute atomic E-state index is 0.260. The fourth-order valence-corrected chi connectivity index (χ4v) is 8.37. The summed E-state index contributed by atoms with van der Waals surface area (Å²) in [5.74, 6) is -0.262. The number of hydrogen-bond donors (Lipinski definition) is 12. The SMILES string of the molecule is CCCCCCCCCCCCCCCCC(O)C(COC1OC(CO)C(OC2OC(CO)C(OC3OC(CO)C(O)C(O)C3O)C(O)C2O)C(O)C1O)NC(=O)CCCCCC. The molecule has 3 aliphatic heterocycles. The van der Waals surface area contributed by atoms with Crippen LogP contribution >= 0.6 is 0 Å². The van der Waals surface area contributed by atoms with Crippen LogP contribution in [0.15, 0.2) is 0 Å². The van der Waals surface area contributed by atoms with Crippen molar-refractivity contribution < 1.29 is 89.4 Å².